The first-order chi connectivity index (χ1) is 10.0. The Balaban J connectivity index is 2.80. The molecular weight excluding hydrogens is 262 g/mol. The topological polar surface area (TPSA) is 32.7 Å². The minimum absolute atomic E-state index is 0.473. The maximum absolute atomic E-state index is 10.6. The van der Waals surface area contributed by atoms with Gasteiger partial charge in [0, 0.05) is 19.1 Å². The molecule has 1 aromatic rings. The maximum atomic E-state index is 10.6. The lowest BCUT2D eigenvalue weighted by atomic mass is 10.0. The molecular formula is C18H31NO2. The van der Waals surface area contributed by atoms with Crippen LogP contribution in [0.1, 0.15) is 52.2 Å². The Morgan fingerprint density at radius 1 is 1.14 bits per heavy atom. The van der Waals surface area contributed by atoms with Crippen molar-refractivity contribution >= 4 is 0 Å². The largest absolute Gasteiger partial charge is 0.497 e. The molecule has 1 rings (SSSR count). The van der Waals surface area contributed by atoms with E-state index in [4.69, 9.17) is 4.74 Å². The number of hydrogen-bond acceptors (Lipinski definition) is 3. The lowest BCUT2D eigenvalue weighted by Gasteiger charge is -2.33. The van der Waals surface area contributed by atoms with Crippen molar-refractivity contribution in [2.24, 2.45) is 5.92 Å². The predicted molar refractivity (Wildman–Crippen MR) is 88.7 cm³/mol. The van der Waals surface area contributed by atoms with E-state index >= 15 is 0 Å². The molecule has 1 N–H and O–H groups in total. The first-order valence-corrected chi connectivity index (χ1v) is 8.07. The van der Waals surface area contributed by atoms with Crippen LogP contribution in [0.15, 0.2) is 24.3 Å². The molecule has 0 radical (unpaired) electrons. The van der Waals surface area contributed by atoms with E-state index in [0.29, 0.717) is 18.5 Å². The lowest BCUT2D eigenvalue weighted by Crippen LogP contribution is -2.40. The van der Waals surface area contributed by atoms with E-state index in [1.54, 1.807) is 7.11 Å². The van der Waals surface area contributed by atoms with E-state index in [-0.39, 0.29) is 0 Å². The monoisotopic (exact) mass is 293 g/mol. The Morgan fingerprint density at radius 2 is 1.81 bits per heavy atom. The molecule has 0 aliphatic heterocycles. The molecule has 0 heterocycles. The fourth-order valence-corrected chi connectivity index (χ4v) is 2.82. The molecule has 0 aliphatic carbocycles. The Labute approximate surface area is 129 Å². The summed E-state index contributed by atoms with van der Waals surface area (Å²) in [5.74, 6) is 1.40. The van der Waals surface area contributed by atoms with E-state index in [1.807, 2.05) is 24.3 Å². The molecule has 0 saturated heterocycles. The van der Waals surface area contributed by atoms with Crippen molar-refractivity contribution in [2.75, 3.05) is 20.2 Å². The third-order valence-corrected chi connectivity index (χ3v) is 3.94. The van der Waals surface area contributed by atoms with Gasteiger partial charge in [0.15, 0.2) is 0 Å². The molecule has 0 aliphatic rings. The van der Waals surface area contributed by atoms with E-state index in [0.717, 1.165) is 30.7 Å². The minimum Gasteiger partial charge on any atom is -0.497 e. The summed E-state index contributed by atoms with van der Waals surface area (Å²) in [7, 11) is 1.65. The summed E-state index contributed by atoms with van der Waals surface area (Å²) in [5, 5.41) is 10.6. The number of aliphatic hydroxyl groups is 1. The van der Waals surface area contributed by atoms with Crippen LogP contribution in [-0.2, 0) is 0 Å². The highest BCUT2D eigenvalue weighted by atomic mass is 16.5. The van der Waals surface area contributed by atoms with Gasteiger partial charge in [0.25, 0.3) is 0 Å². The number of benzene rings is 1. The van der Waals surface area contributed by atoms with Crippen molar-refractivity contribution in [2.45, 2.75) is 52.7 Å². The molecule has 0 fully saturated rings. The van der Waals surface area contributed by atoms with Gasteiger partial charge in [-0.3, -0.25) is 4.90 Å². The Morgan fingerprint density at radius 3 is 2.33 bits per heavy atom. The van der Waals surface area contributed by atoms with Crippen LogP contribution < -0.4 is 4.74 Å². The molecule has 120 valence electrons. The second-order valence-corrected chi connectivity index (χ2v) is 6.11. The van der Waals surface area contributed by atoms with Crippen LogP contribution in [0.2, 0.25) is 0 Å². The molecule has 1 aromatic carbocycles. The van der Waals surface area contributed by atoms with Crippen molar-refractivity contribution in [1.29, 1.82) is 0 Å². The van der Waals surface area contributed by atoms with Gasteiger partial charge in [-0.2, -0.15) is 0 Å². The van der Waals surface area contributed by atoms with Gasteiger partial charge < -0.3 is 9.84 Å². The van der Waals surface area contributed by atoms with Gasteiger partial charge in [0.05, 0.1) is 13.2 Å². The second-order valence-electron chi connectivity index (χ2n) is 6.11. The van der Waals surface area contributed by atoms with Crippen molar-refractivity contribution in [3.63, 3.8) is 0 Å². The number of aliphatic hydroxyl groups excluding tert-OH is 1. The van der Waals surface area contributed by atoms with Crippen LogP contribution in [-0.4, -0.2) is 36.2 Å². The molecule has 3 heteroatoms. The van der Waals surface area contributed by atoms with Gasteiger partial charge in [0.2, 0.25) is 0 Å². The number of rotatable bonds is 9. The van der Waals surface area contributed by atoms with Crippen LogP contribution >= 0.6 is 0 Å². The highest BCUT2D eigenvalue weighted by molar-refractivity contribution is 5.29. The summed E-state index contributed by atoms with van der Waals surface area (Å²) < 4.78 is 5.24. The van der Waals surface area contributed by atoms with Gasteiger partial charge in [-0.05, 0) is 36.5 Å². The number of methoxy groups -OCH3 is 1. The number of ether oxygens (including phenoxy) is 1. The van der Waals surface area contributed by atoms with E-state index in [9.17, 15) is 5.11 Å². The first kappa shape index (κ1) is 18.0. The molecule has 1 unspecified atom stereocenters. The summed E-state index contributed by atoms with van der Waals surface area (Å²) in [6.45, 7) is 10.6. The number of nitrogens with zero attached hydrogens (tertiary/aromatic N) is 1. The van der Waals surface area contributed by atoms with Crippen LogP contribution in [0, 0.1) is 5.92 Å². The van der Waals surface area contributed by atoms with E-state index in [1.165, 1.54) is 0 Å². The average molecular weight is 293 g/mol. The summed E-state index contributed by atoms with van der Waals surface area (Å²) in [6, 6.07) is 8.26. The van der Waals surface area contributed by atoms with Gasteiger partial charge in [-0.25, -0.2) is 0 Å². The maximum Gasteiger partial charge on any atom is 0.119 e. The normalized spacial score (nSPS) is 13.2. The number of hydrogen-bond donors (Lipinski definition) is 1. The lowest BCUT2D eigenvalue weighted by molar-refractivity contribution is 0.0749. The SMILES string of the molecule is CCC(CC)N(CC(C)C)CC(O)c1cccc(OC)c1. The summed E-state index contributed by atoms with van der Waals surface area (Å²) in [6.07, 6.45) is 1.77. The summed E-state index contributed by atoms with van der Waals surface area (Å²) in [5.41, 5.74) is 0.925. The Bertz CT molecular complexity index is 402. The van der Waals surface area contributed by atoms with Gasteiger partial charge in [-0.1, -0.05) is 39.8 Å². The fraction of sp³-hybridized carbons (Fsp3) is 0.667. The highest BCUT2D eigenvalue weighted by Crippen LogP contribution is 2.22. The molecule has 0 bridgehead atoms. The fourth-order valence-electron chi connectivity index (χ4n) is 2.82. The quantitative estimate of drug-likeness (QED) is 0.750. The van der Waals surface area contributed by atoms with Crippen LogP contribution in [0.3, 0.4) is 0 Å². The average Bonchev–Trinajstić information content (AvgIpc) is 2.47. The Hall–Kier alpha value is -1.06. The smallest absolute Gasteiger partial charge is 0.119 e. The second kappa shape index (κ2) is 9.06. The van der Waals surface area contributed by atoms with Crippen molar-refractivity contribution < 1.29 is 9.84 Å². The van der Waals surface area contributed by atoms with Crippen molar-refractivity contribution in [1.82, 2.24) is 4.90 Å². The van der Waals surface area contributed by atoms with Gasteiger partial charge >= 0.3 is 0 Å². The summed E-state index contributed by atoms with van der Waals surface area (Å²) in [4.78, 5) is 2.43. The molecule has 0 amide bonds. The third-order valence-electron chi connectivity index (χ3n) is 3.94. The van der Waals surface area contributed by atoms with Gasteiger partial charge in [-0.15, -0.1) is 0 Å². The van der Waals surface area contributed by atoms with Crippen LogP contribution in [0.5, 0.6) is 5.75 Å². The minimum atomic E-state index is -0.473. The van der Waals surface area contributed by atoms with E-state index < -0.39 is 6.10 Å². The molecule has 1 atom stereocenters. The molecule has 3 nitrogen and oxygen atoms in total. The molecule has 0 saturated carbocycles. The predicted octanol–water partition coefficient (Wildman–Crippen LogP) is 3.88. The zero-order valence-electron chi connectivity index (χ0n) is 14.2. The van der Waals surface area contributed by atoms with Gasteiger partial charge in [0.1, 0.15) is 5.75 Å². The van der Waals surface area contributed by atoms with Crippen LogP contribution in [0.4, 0.5) is 0 Å². The molecule has 0 aromatic heterocycles. The van der Waals surface area contributed by atoms with E-state index in [2.05, 4.69) is 32.6 Å². The zero-order valence-corrected chi connectivity index (χ0v) is 14.2. The molecule has 0 spiro atoms. The third kappa shape index (κ3) is 5.68. The first-order valence-electron chi connectivity index (χ1n) is 8.07. The Kier molecular flexibility index (Phi) is 7.76. The highest BCUT2D eigenvalue weighted by Gasteiger charge is 2.20. The standard InChI is InChI=1S/C18H31NO2/c1-6-16(7-2)19(12-14(3)4)13-18(20)15-9-8-10-17(11-15)21-5/h8-11,14,16,18,20H,6-7,12-13H2,1-5H3. The van der Waals surface area contributed by atoms with Crippen molar-refractivity contribution in [3.8, 4) is 5.75 Å². The summed E-state index contributed by atoms with van der Waals surface area (Å²) >= 11 is 0. The van der Waals surface area contributed by atoms with Crippen molar-refractivity contribution in [3.05, 3.63) is 29.8 Å². The zero-order chi connectivity index (χ0) is 15.8. The van der Waals surface area contributed by atoms with Crippen LogP contribution in [0.25, 0.3) is 0 Å². The molecule has 21 heavy (non-hydrogen) atoms.